The molecule has 1 aliphatic heterocycles. The van der Waals surface area contributed by atoms with Gasteiger partial charge >= 0.3 is 5.97 Å². The summed E-state index contributed by atoms with van der Waals surface area (Å²) in [6.45, 7) is 1.04. The van der Waals surface area contributed by atoms with Crippen molar-refractivity contribution < 1.29 is 14.3 Å². The standard InChI is InChI=1S/C7H12FNO2/c8-6-4-9-2-1-5(6)3-7(10)11/h5-6,9H,1-4H2,(H,10,11)/t5-,6+/m0/s1. The lowest BCUT2D eigenvalue weighted by atomic mass is 9.93. The van der Waals surface area contributed by atoms with Crippen molar-refractivity contribution >= 4 is 5.97 Å². The molecule has 1 heterocycles. The molecule has 1 saturated heterocycles. The predicted molar refractivity (Wildman–Crippen MR) is 38.1 cm³/mol. The van der Waals surface area contributed by atoms with Crippen molar-refractivity contribution in [2.45, 2.75) is 19.0 Å². The summed E-state index contributed by atoms with van der Waals surface area (Å²) in [6, 6.07) is 0. The number of carboxylic acids is 1. The Bertz CT molecular complexity index is 151. The summed E-state index contributed by atoms with van der Waals surface area (Å²) in [7, 11) is 0. The molecular formula is C7H12FNO2. The van der Waals surface area contributed by atoms with Gasteiger partial charge in [-0.3, -0.25) is 4.79 Å². The van der Waals surface area contributed by atoms with Crippen LogP contribution in [0.1, 0.15) is 12.8 Å². The highest BCUT2D eigenvalue weighted by Gasteiger charge is 2.26. The van der Waals surface area contributed by atoms with Crippen molar-refractivity contribution in [1.82, 2.24) is 5.32 Å². The molecule has 4 heteroatoms. The Kier molecular flexibility index (Phi) is 2.82. The SMILES string of the molecule is O=C(O)C[C@@H]1CCNC[C@H]1F. The van der Waals surface area contributed by atoms with E-state index in [4.69, 9.17) is 5.11 Å². The zero-order chi connectivity index (χ0) is 8.27. The molecule has 3 nitrogen and oxygen atoms in total. The number of carboxylic acid groups (broad SMARTS) is 1. The average molecular weight is 161 g/mol. The van der Waals surface area contributed by atoms with Crippen LogP contribution >= 0.6 is 0 Å². The number of aliphatic carboxylic acids is 1. The molecule has 0 aromatic rings. The lowest BCUT2D eigenvalue weighted by Gasteiger charge is -2.24. The zero-order valence-electron chi connectivity index (χ0n) is 6.22. The van der Waals surface area contributed by atoms with E-state index in [1.807, 2.05) is 0 Å². The molecule has 1 fully saturated rings. The van der Waals surface area contributed by atoms with E-state index in [9.17, 15) is 9.18 Å². The molecule has 64 valence electrons. The summed E-state index contributed by atoms with van der Waals surface area (Å²) >= 11 is 0. The van der Waals surface area contributed by atoms with Crippen molar-refractivity contribution in [1.29, 1.82) is 0 Å². The van der Waals surface area contributed by atoms with Gasteiger partial charge in [0.15, 0.2) is 0 Å². The number of hydrogen-bond acceptors (Lipinski definition) is 2. The third-order valence-corrected chi connectivity index (χ3v) is 1.98. The number of nitrogens with one attached hydrogen (secondary N) is 1. The van der Waals surface area contributed by atoms with Crippen LogP contribution in [-0.4, -0.2) is 30.3 Å². The van der Waals surface area contributed by atoms with Crippen LogP contribution in [0, 0.1) is 5.92 Å². The summed E-state index contributed by atoms with van der Waals surface area (Å²) in [4.78, 5) is 10.2. The summed E-state index contributed by atoms with van der Waals surface area (Å²) in [5.74, 6) is -1.19. The van der Waals surface area contributed by atoms with Gasteiger partial charge in [-0.05, 0) is 13.0 Å². The molecular weight excluding hydrogens is 149 g/mol. The maximum atomic E-state index is 12.9. The molecule has 1 rings (SSSR count). The highest BCUT2D eigenvalue weighted by atomic mass is 19.1. The second-order valence-electron chi connectivity index (χ2n) is 2.87. The summed E-state index contributed by atoms with van der Waals surface area (Å²) < 4.78 is 12.9. The molecule has 0 saturated carbocycles. The minimum Gasteiger partial charge on any atom is -0.481 e. The fourth-order valence-corrected chi connectivity index (χ4v) is 1.33. The van der Waals surface area contributed by atoms with Crippen molar-refractivity contribution in [3.8, 4) is 0 Å². The largest absolute Gasteiger partial charge is 0.481 e. The molecule has 2 N–H and O–H groups in total. The first kappa shape index (κ1) is 8.46. The quantitative estimate of drug-likeness (QED) is 0.616. The van der Waals surface area contributed by atoms with Gasteiger partial charge in [-0.1, -0.05) is 0 Å². The molecule has 2 atom stereocenters. The van der Waals surface area contributed by atoms with Gasteiger partial charge < -0.3 is 10.4 Å². The van der Waals surface area contributed by atoms with E-state index in [-0.39, 0.29) is 12.3 Å². The molecule has 0 radical (unpaired) electrons. The minimum absolute atomic E-state index is 0.0388. The Hall–Kier alpha value is -0.640. The van der Waals surface area contributed by atoms with E-state index < -0.39 is 12.1 Å². The molecule has 0 aromatic heterocycles. The average Bonchev–Trinajstić information content (AvgIpc) is 1.93. The highest BCUT2D eigenvalue weighted by Crippen LogP contribution is 2.18. The Morgan fingerprint density at radius 3 is 3.00 bits per heavy atom. The van der Waals surface area contributed by atoms with Gasteiger partial charge in [0.1, 0.15) is 6.17 Å². The molecule has 0 unspecified atom stereocenters. The Morgan fingerprint density at radius 1 is 1.73 bits per heavy atom. The molecule has 11 heavy (non-hydrogen) atoms. The van der Waals surface area contributed by atoms with Crippen LogP contribution in [0.15, 0.2) is 0 Å². The first-order chi connectivity index (χ1) is 5.20. The van der Waals surface area contributed by atoms with E-state index in [1.54, 1.807) is 0 Å². The van der Waals surface area contributed by atoms with Crippen LogP contribution in [0.25, 0.3) is 0 Å². The third kappa shape index (κ3) is 2.46. The predicted octanol–water partition coefficient (Wildman–Crippen LogP) is 0.409. The van der Waals surface area contributed by atoms with Crippen molar-refractivity contribution in [3.63, 3.8) is 0 Å². The van der Waals surface area contributed by atoms with Gasteiger partial charge in [-0.2, -0.15) is 0 Å². The van der Waals surface area contributed by atoms with Gasteiger partial charge in [0, 0.05) is 12.5 Å². The highest BCUT2D eigenvalue weighted by molar-refractivity contribution is 5.67. The van der Waals surface area contributed by atoms with Gasteiger partial charge in [0.25, 0.3) is 0 Å². The van der Waals surface area contributed by atoms with Gasteiger partial charge in [-0.25, -0.2) is 4.39 Å². The minimum atomic E-state index is -0.986. The Balaban J connectivity index is 2.35. The van der Waals surface area contributed by atoms with Crippen LogP contribution in [0.4, 0.5) is 4.39 Å². The first-order valence-corrected chi connectivity index (χ1v) is 3.76. The third-order valence-electron chi connectivity index (χ3n) is 1.98. The van der Waals surface area contributed by atoms with Crippen molar-refractivity contribution in [2.75, 3.05) is 13.1 Å². The zero-order valence-corrected chi connectivity index (χ0v) is 6.22. The molecule has 0 bridgehead atoms. The monoisotopic (exact) mass is 161 g/mol. The van der Waals surface area contributed by atoms with Crippen LogP contribution in [-0.2, 0) is 4.79 Å². The summed E-state index contributed by atoms with van der Waals surface area (Å²) in [5, 5.41) is 11.3. The lowest BCUT2D eigenvalue weighted by molar-refractivity contribution is -0.138. The van der Waals surface area contributed by atoms with Crippen molar-refractivity contribution in [3.05, 3.63) is 0 Å². The van der Waals surface area contributed by atoms with E-state index in [0.717, 1.165) is 6.54 Å². The van der Waals surface area contributed by atoms with E-state index in [1.165, 1.54) is 0 Å². The molecule has 0 aromatic carbocycles. The Morgan fingerprint density at radius 2 is 2.45 bits per heavy atom. The normalized spacial score (nSPS) is 31.7. The smallest absolute Gasteiger partial charge is 0.303 e. The number of piperidine rings is 1. The van der Waals surface area contributed by atoms with E-state index >= 15 is 0 Å². The molecule has 0 spiro atoms. The van der Waals surface area contributed by atoms with Crippen LogP contribution in [0.3, 0.4) is 0 Å². The molecule has 0 aliphatic carbocycles. The fourth-order valence-electron chi connectivity index (χ4n) is 1.33. The molecule has 1 aliphatic rings. The first-order valence-electron chi connectivity index (χ1n) is 3.76. The van der Waals surface area contributed by atoms with Gasteiger partial charge in [0.05, 0.1) is 6.42 Å². The van der Waals surface area contributed by atoms with Crippen molar-refractivity contribution in [2.24, 2.45) is 5.92 Å². The van der Waals surface area contributed by atoms with Crippen LogP contribution < -0.4 is 5.32 Å². The van der Waals surface area contributed by atoms with E-state index in [0.29, 0.717) is 13.0 Å². The maximum absolute atomic E-state index is 12.9. The second kappa shape index (κ2) is 3.67. The van der Waals surface area contributed by atoms with Gasteiger partial charge in [-0.15, -0.1) is 0 Å². The molecule has 0 amide bonds. The topological polar surface area (TPSA) is 49.3 Å². The number of alkyl halides is 1. The summed E-state index contributed by atoms with van der Waals surface area (Å²) in [6.07, 6.45) is -0.393. The number of halogens is 1. The van der Waals surface area contributed by atoms with Crippen LogP contribution in [0.2, 0.25) is 0 Å². The number of hydrogen-bond donors (Lipinski definition) is 2. The lowest BCUT2D eigenvalue weighted by Crippen LogP contribution is -2.38. The second-order valence-corrected chi connectivity index (χ2v) is 2.87. The Labute approximate surface area is 64.6 Å². The maximum Gasteiger partial charge on any atom is 0.303 e. The van der Waals surface area contributed by atoms with Gasteiger partial charge in [0.2, 0.25) is 0 Å². The number of carbonyl (C=O) groups is 1. The van der Waals surface area contributed by atoms with E-state index in [2.05, 4.69) is 5.32 Å². The fraction of sp³-hybridized carbons (Fsp3) is 0.857. The number of rotatable bonds is 2. The summed E-state index contributed by atoms with van der Waals surface area (Å²) in [5.41, 5.74) is 0. The van der Waals surface area contributed by atoms with Crippen LogP contribution in [0.5, 0.6) is 0 Å².